The molecule has 2 aromatic rings. The van der Waals surface area contributed by atoms with E-state index in [1.807, 2.05) is 30.3 Å². The molecule has 5 heteroatoms. The molecule has 1 amide bonds. The molecule has 1 aliphatic rings. The Morgan fingerprint density at radius 3 is 2.86 bits per heavy atom. The number of carbonyl (C=O) groups is 1. The van der Waals surface area contributed by atoms with E-state index >= 15 is 0 Å². The van der Waals surface area contributed by atoms with Crippen LogP contribution in [0.1, 0.15) is 30.1 Å². The predicted octanol–water partition coefficient (Wildman–Crippen LogP) is 1.95. The Balaban J connectivity index is 1.62. The van der Waals surface area contributed by atoms with Crippen LogP contribution in [0.3, 0.4) is 0 Å². The van der Waals surface area contributed by atoms with Crippen molar-refractivity contribution >= 4 is 5.91 Å². The summed E-state index contributed by atoms with van der Waals surface area (Å²) in [6, 6.07) is 12.5. The number of pyridine rings is 1. The fraction of sp³-hybridized carbons (Fsp3) is 0.294. The summed E-state index contributed by atoms with van der Waals surface area (Å²) in [6.07, 6.45) is 2.66. The first-order valence-corrected chi connectivity index (χ1v) is 7.42. The van der Waals surface area contributed by atoms with Gasteiger partial charge in [0.05, 0.1) is 6.04 Å². The maximum Gasteiger partial charge on any atom is 0.258 e. The summed E-state index contributed by atoms with van der Waals surface area (Å²) < 4.78 is 5.45. The molecule has 114 valence electrons. The highest BCUT2D eigenvalue weighted by Crippen LogP contribution is 2.27. The molecular weight excluding hydrogens is 280 g/mol. The number of aryl methyl sites for hydroxylation is 1. The van der Waals surface area contributed by atoms with Gasteiger partial charge in [0.2, 0.25) is 5.56 Å². The van der Waals surface area contributed by atoms with E-state index in [0.717, 1.165) is 30.5 Å². The minimum Gasteiger partial charge on any atom is -0.484 e. The molecule has 0 fully saturated rings. The van der Waals surface area contributed by atoms with Gasteiger partial charge in [-0.25, -0.2) is 0 Å². The van der Waals surface area contributed by atoms with Crippen molar-refractivity contribution in [3.8, 4) is 5.75 Å². The summed E-state index contributed by atoms with van der Waals surface area (Å²) in [5.41, 5.74) is 1.82. The zero-order chi connectivity index (χ0) is 15.4. The number of carbonyl (C=O) groups excluding carboxylic acids is 1. The van der Waals surface area contributed by atoms with Crippen molar-refractivity contribution in [3.63, 3.8) is 0 Å². The van der Waals surface area contributed by atoms with Gasteiger partial charge in [0, 0.05) is 11.8 Å². The van der Waals surface area contributed by atoms with Gasteiger partial charge in [-0.3, -0.25) is 9.59 Å². The second-order valence-corrected chi connectivity index (χ2v) is 5.37. The van der Waals surface area contributed by atoms with Gasteiger partial charge in [-0.2, -0.15) is 0 Å². The molecule has 1 aliphatic carbocycles. The van der Waals surface area contributed by atoms with Crippen molar-refractivity contribution in [2.24, 2.45) is 0 Å². The minimum absolute atomic E-state index is 0.0147. The van der Waals surface area contributed by atoms with E-state index in [4.69, 9.17) is 4.74 Å². The number of rotatable bonds is 4. The smallest absolute Gasteiger partial charge is 0.258 e. The number of fused-ring (bicyclic) bond motifs is 1. The van der Waals surface area contributed by atoms with Crippen LogP contribution in [0.4, 0.5) is 0 Å². The number of aromatic nitrogens is 1. The number of ether oxygens (including phenoxy) is 1. The van der Waals surface area contributed by atoms with Crippen molar-refractivity contribution in [3.05, 3.63) is 64.1 Å². The Hall–Kier alpha value is -2.56. The number of hydrogen-bond acceptors (Lipinski definition) is 3. The van der Waals surface area contributed by atoms with Crippen LogP contribution < -0.4 is 15.6 Å². The maximum atomic E-state index is 12.1. The largest absolute Gasteiger partial charge is 0.484 e. The van der Waals surface area contributed by atoms with Crippen LogP contribution in [0.2, 0.25) is 0 Å². The maximum absolute atomic E-state index is 12.1. The standard InChI is InChI=1S/C17H18N2O3/c20-16-10-9-13-14(18-16)7-4-8-15(13)19-17(21)11-22-12-5-2-1-3-6-12/h1-3,5-6,9-10,15H,4,7-8,11H2,(H,18,20)(H,19,21)/t15-/m0/s1. The molecule has 0 spiro atoms. The molecule has 1 aromatic heterocycles. The van der Waals surface area contributed by atoms with Crippen LogP contribution in [0.25, 0.3) is 0 Å². The minimum atomic E-state index is -0.159. The first-order valence-electron chi connectivity index (χ1n) is 7.42. The Kier molecular flexibility index (Phi) is 4.23. The van der Waals surface area contributed by atoms with E-state index in [1.54, 1.807) is 6.07 Å². The first-order chi connectivity index (χ1) is 10.7. The number of para-hydroxylation sites is 1. The van der Waals surface area contributed by atoms with Crippen LogP contribution in [0, 0.1) is 0 Å². The highest BCUT2D eigenvalue weighted by atomic mass is 16.5. The fourth-order valence-corrected chi connectivity index (χ4v) is 2.75. The number of hydrogen-bond donors (Lipinski definition) is 2. The Morgan fingerprint density at radius 1 is 1.23 bits per heavy atom. The SMILES string of the molecule is O=C(COc1ccccc1)N[C@H]1CCCc2[nH]c(=O)ccc21. The molecule has 22 heavy (non-hydrogen) atoms. The molecule has 5 nitrogen and oxygen atoms in total. The van der Waals surface area contributed by atoms with Crippen molar-refractivity contribution < 1.29 is 9.53 Å². The van der Waals surface area contributed by atoms with E-state index in [2.05, 4.69) is 10.3 Å². The average molecular weight is 298 g/mol. The van der Waals surface area contributed by atoms with E-state index in [9.17, 15) is 9.59 Å². The van der Waals surface area contributed by atoms with E-state index < -0.39 is 0 Å². The topological polar surface area (TPSA) is 71.2 Å². The van der Waals surface area contributed by atoms with Crippen LogP contribution in [-0.4, -0.2) is 17.5 Å². The van der Waals surface area contributed by atoms with Gasteiger partial charge in [-0.1, -0.05) is 18.2 Å². The Bertz CT molecular complexity index is 709. The first kappa shape index (κ1) is 14.4. The third-order valence-electron chi connectivity index (χ3n) is 3.78. The van der Waals surface area contributed by atoms with Crippen molar-refractivity contribution in [2.75, 3.05) is 6.61 Å². The number of aromatic amines is 1. The summed E-state index contributed by atoms with van der Waals surface area (Å²) in [4.78, 5) is 26.3. The second-order valence-electron chi connectivity index (χ2n) is 5.37. The monoisotopic (exact) mass is 298 g/mol. The summed E-state index contributed by atoms with van der Waals surface area (Å²) in [7, 11) is 0. The normalized spacial score (nSPS) is 16.6. The van der Waals surface area contributed by atoms with Crippen molar-refractivity contribution in [1.29, 1.82) is 0 Å². The number of benzene rings is 1. The Labute approximate surface area is 128 Å². The highest BCUT2D eigenvalue weighted by molar-refractivity contribution is 5.78. The number of H-pyrrole nitrogens is 1. The van der Waals surface area contributed by atoms with Gasteiger partial charge in [0.15, 0.2) is 6.61 Å². The third-order valence-corrected chi connectivity index (χ3v) is 3.78. The van der Waals surface area contributed by atoms with Gasteiger partial charge >= 0.3 is 0 Å². The molecule has 1 heterocycles. The lowest BCUT2D eigenvalue weighted by atomic mass is 9.91. The molecule has 0 saturated carbocycles. The van der Waals surface area contributed by atoms with E-state index in [-0.39, 0.29) is 24.1 Å². The van der Waals surface area contributed by atoms with Gasteiger partial charge < -0.3 is 15.0 Å². The van der Waals surface area contributed by atoms with Gasteiger partial charge in [-0.05, 0) is 43.0 Å². The summed E-state index contributed by atoms with van der Waals surface area (Å²) >= 11 is 0. The quantitative estimate of drug-likeness (QED) is 0.906. The van der Waals surface area contributed by atoms with Crippen molar-refractivity contribution in [2.45, 2.75) is 25.3 Å². The second kappa shape index (κ2) is 6.47. The molecule has 1 aromatic carbocycles. The summed E-state index contributed by atoms with van der Waals surface area (Å²) in [5, 5.41) is 2.98. The molecule has 3 rings (SSSR count). The van der Waals surface area contributed by atoms with Crippen LogP contribution in [0.15, 0.2) is 47.3 Å². The molecule has 0 bridgehead atoms. The zero-order valence-corrected chi connectivity index (χ0v) is 12.2. The third kappa shape index (κ3) is 3.36. The van der Waals surface area contributed by atoms with Crippen LogP contribution in [0.5, 0.6) is 5.75 Å². The van der Waals surface area contributed by atoms with Gasteiger partial charge in [-0.15, -0.1) is 0 Å². The van der Waals surface area contributed by atoms with Gasteiger partial charge in [0.1, 0.15) is 5.75 Å². The Morgan fingerprint density at radius 2 is 2.05 bits per heavy atom. The molecule has 0 unspecified atom stereocenters. The van der Waals surface area contributed by atoms with Crippen LogP contribution >= 0.6 is 0 Å². The van der Waals surface area contributed by atoms with Crippen molar-refractivity contribution in [1.82, 2.24) is 10.3 Å². The fourth-order valence-electron chi connectivity index (χ4n) is 2.75. The lowest BCUT2D eigenvalue weighted by molar-refractivity contribution is -0.123. The molecule has 0 radical (unpaired) electrons. The molecule has 0 aliphatic heterocycles. The molecular formula is C17H18N2O3. The lowest BCUT2D eigenvalue weighted by Crippen LogP contribution is -2.35. The number of amides is 1. The lowest BCUT2D eigenvalue weighted by Gasteiger charge is -2.25. The van der Waals surface area contributed by atoms with Crippen LogP contribution in [-0.2, 0) is 11.2 Å². The van der Waals surface area contributed by atoms with Gasteiger partial charge in [0.25, 0.3) is 5.91 Å². The zero-order valence-electron chi connectivity index (χ0n) is 12.2. The molecule has 1 atom stereocenters. The molecule has 0 saturated heterocycles. The summed E-state index contributed by atoms with van der Waals surface area (Å²) in [5.74, 6) is 0.513. The van der Waals surface area contributed by atoms with E-state index in [1.165, 1.54) is 6.07 Å². The number of nitrogens with one attached hydrogen (secondary N) is 2. The summed E-state index contributed by atoms with van der Waals surface area (Å²) in [6.45, 7) is -0.0147. The van der Waals surface area contributed by atoms with E-state index in [0.29, 0.717) is 5.75 Å². The highest BCUT2D eigenvalue weighted by Gasteiger charge is 2.22. The average Bonchev–Trinajstić information content (AvgIpc) is 2.54. The molecule has 2 N–H and O–H groups in total. The predicted molar refractivity (Wildman–Crippen MR) is 82.8 cm³/mol.